The number of amides is 1. The van der Waals surface area contributed by atoms with Crippen LogP contribution in [-0.2, 0) is 11.3 Å². The van der Waals surface area contributed by atoms with Crippen molar-refractivity contribution in [3.05, 3.63) is 63.2 Å². The summed E-state index contributed by atoms with van der Waals surface area (Å²) in [4.78, 5) is 24.4. The average molecular weight is 361 g/mol. The van der Waals surface area contributed by atoms with E-state index in [2.05, 4.69) is 26.3 Å². The Kier molecular flexibility index (Phi) is 3.81. The molecule has 112 valence electrons. The zero-order valence-electron chi connectivity index (χ0n) is 11.8. The van der Waals surface area contributed by atoms with Gasteiger partial charge in [0.25, 0.3) is 5.56 Å². The molecule has 0 aliphatic rings. The molecule has 0 aliphatic heterocycles. The molecule has 0 atom stereocenters. The van der Waals surface area contributed by atoms with Crippen LogP contribution in [0.25, 0.3) is 5.52 Å². The molecule has 3 rings (SSSR count). The molecule has 7 heteroatoms. The lowest BCUT2D eigenvalue weighted by Gasteiger charge is -2.09. The number of anilines is 1. The summed E-state index contributed by atoms with van der Waals surface area (Å²) in [5.74, 6) is 0.338. The molecule has 0 aliphatic carbocycles. The molecule has 2 heterocycles. The van der Waals surface area contributed by atoms with Crippen LogP contribution in [0.15, 0.2) is 51.9 Å². The van der Waals surface area contributed by atoms with Gasteiger partial charge in [-0.15, -0.1) is 0 Å². The van der Waals surface area contributed by atoms with Gasteiger partial charge < -0.3 is 5.32 Å². The van der Waals surface area contributed by atoms with Crippen LogP contribution >= 0.6 is 15.9 Å². The molecular weight excluding hydrogens is 348 g/mol. The summed E-state index contributed by atoms with van der Waals surface area (Å²) in [7, 11) is 0. The third-order valence-corrected chi connectivity index (χ3v) is 3.95. The fraction of sp³-hybridized carbons (Fsp3) is 0.133. The predicted octanol–water partition coefficient (Wildman–Crippen LogP) is 2.21. The van der Waals surface area contributed by atoms with E-state index in [-0.39, 0.29) is 18.0 Å². The number of carbonyl (C=O) groups excluding carboxylic acids is 1. The Labute approximate surface area is 134 Å². The van der Waals surface area contributed by atoms with Gasteiger partial charge in [-0.3, -0.25) is 14.0 Å². The van der Waals surface area contributed by atoms with E-state index >= 15 is 0 Å². The number of rotatable bonds is 3. The predicted molar refractivity (Wildman–Crippen MR) is 87.0 cm³/mol. The highest BCUT2D eigenvalue weighted by molar-refractivity contribution is 9.10. The quantitative estimate of drug-likeness (QED) is 0.778. The summed E-state index contributed by atoms with van der Waals surface area (Å²) in [6.45, 7) is 1.65. The Bertz CT molecular complexity index is 913. The van der Waals surface area contributed by atoms with Crippen LogP contribution in [-0.4, -0.2) is 20.1 Å². The van der Waals surface area contributed by atoms with E-state index in [0.717, 1.165) is 4.47 Å². The second-order valence-corrected chi connectivity index (χ2v) is 5.66. The molecule has 0 saturated carbocycles. The number of benzene rings is 1. The zero-order valence-corrected chi connectivity index (χ0v) is 13.4. The molecule has 3 aromatic rings. The highest BCUT2D eigenvalue weighted by atomic mass is 79.9. The average Bonchev–Trinajstić information content (AvgIpc) is 2.97. The van der Waals surface area contributed by atoms with Crippen LogP contribution in [0.5, 0.6) is 0 Å². The molecule has 0 spiro atoms. The second-order valence-electron chi connectivity index (χ2n) is 4.80. The first-order valence-electron chi connectivity index (χ1n) is 6.65. The molecular formula is C15H13BrN4O2. The molecule has 22 heavy (non-hydrogen) atoms. The maximum atomic E-state index is 12.3. The molecule has 0 unspecified atom stereocenters. The highest BCUT2D eigenvalue weighted by Crippen LogP contribution is 2.20. The molecule has 1 N–H and O–H groups in total. The van der Waals surface area contributed by atoms with Crippen molar-refractivity contribution in [3.8, 4) is 0 Å². The third kappa shape index (κ3) is 2.67. The minimum Gasteiger partial charge on any atom is -0.323 e. The highest BCUT2D eigenvalue weighted by Gasteiger charge is 2.11. The normalized spacial score (nSPS) is 10.8. The third-order valence-electron chi connectivity index (χ3n) is 3.26. The van der Waals surface area contributed by atoms with Gasteiger partial charge >= 0.3 is 0 Å². The number of fused-ring (bicyclic) bond motifs is 1. The number of hydrogen-bond donors (Lipinski definition) is 1. The van der Waals surface area contributed by atoms with Gasteiger partial charge in [-0.2, -0.15) is 5.10 Å². The Morgan fingerprint density at radius 3 is 2.82 bits per heavy atom. The summed E-state index contributed by atoms with van der Waals surface area (Å²) in [5.41, 5.74) is 0.861. The van der Waals surface area contributed by atoms with E-state index in [0.29, 0.717) is 17.0 Å². The minimum atomic E-state index is -0.309. The Morgan fingerprint density at radius 2 is 2.05 bits per heavy atom. The van der Waals surface area contributed by atoms with Crippen molar-refractivity contribution in [1.29, 1.82) is 0 Å². The van der Waals surface area contributed by atoms with Crippen molar-refractivity contribution in [2.75, 3.05) is 5.32 Å². The monoisotopic (exact) mass is 360 g/mol. The van der Waals surface area contributed by atoms with Crippen LogP contribution < -0.4 is 10.9 Å². The first kappa shape index (κ1) is 14.5. The molecule has 0 radical (unpaired) electrons. The van der Waals surface area contributed by atoms with Gasteiger partial charge in [0.1, 0.15) is 17.9 Å². The van der Waals surface area contributed by atoms with Crippen molar-refractivity contribution >= 4 is 33.0 Å². The number of aromatic nitrogens is 3. The molecule has 1 amide bonds. The largest absolute Gasteiger partial charge is 0.323 e. The van der Waals surface area contributed by atoms with E-state index in [1.54, 1.807) is 35.7 Å². The number of nitrogens with one attached hydrogen (secondary N) is 1. The van der Waals surface area contributed by atoms with Crippen molar-refractivity contribution in [2.45, 2.75) is 13.5 Å². The minimum absolute atomic E-state index is 0.136. The fourth-order valence-corrected chi connectivity index (χ4v) is 2.62. The maximum absolute atomic E-state index is 12.3. The summed E-state index contributed by atoms with van der Waals surface area (Å²) in [6, 6.07) is 10.8. The topological polar surface area (TPSA) is 68.4 Å². The van der Waals surface area contributed by atoms with Crippen LogP contribution in [0.3, 0.4) is 0 Å². The maximum Gasteiger partial charge on any atom is 0.291 e. The van der Waals surface area contributed by atoms with E-state index in [1.807, 2.05) is 18.2 Å². The fourth-order valence-electron chi connectivity index (χ4n) is 2.23. The van der Waals surface area contributed by atoms with E-state index in [9.17, 15) is 9.59 Å². The van der Waals surface area contributed by atoms with Gasteiger partial charge in [0, 0.05) is 10.7 Å². The lowest BCUT2D eigenvalue weighted by atomic mass is 10.3. The zero-order chi connectivity index (χ0) is 15.7. The Balaban J connectivity index is 1.87. The summed E-state index contributed by atoms with van der Waals surface area (Å²) >= 11 is 3.36. The lowest BCUT2D eigenvalue weighted by molar-refractivity contribution is -0.117. The van der Waals surface area contributed by atoms with Gasteiger partial charge in [-0.1, -0.05) is 12.1 Å². The van der Waals surface area contributed by atoms with Crippen molar-refractivity contribution < 1.29 is 4.79 Å². The molecule has 0 fully saturated rings. The SMILES string of the molecule is Cc1nn(CC(=O)Nc2ccccc2Br)c(=O)c2cccn12. The van der Waals surface area contributed by atoms with Gasteiger partial charge in [-0.05, 0) is 47.1 Å². The number of hydrogen-bond acceptors (Lipinski definition) is 3. The first-order valence-corrected chi connectivity index (χ1v) is 7.45. The standard InChI is InChI=1S/C15H13BrN4O2/c1-10-18-20(15(22)13-7-4-8-19(10)13)9-14(21)17-12-6-3-2-5-11(12)16/h2-8H,9H2,1H3,(H,17,21). The summed E-state index contributed by atoms with van der Waals surface area (Å²) in [6.07, 6.45) is 1.77. The van der Waals surface area contributed by atoms with Crippen molar-refractivity contribution in [1.82, 2.24) is 14.2 Å². The van der Waals surface area contributed by atoms with E-state index < -0.39 is 0 Å². The van der Waals surface area contributed by atoms with Crippen molar-refractivity contribution in [2.24, 2.45) is 0 Å². The molecule has 0 bridgehead atoms. The Hall–Kier alpha value is -2.41. The summed E-state index contributed by atoms with van der Waals surface area (Å²) in [5, 5.41) is 6.93. The van der Waals surface area contributed by atoms with Crippen LogP contribution in [0, 0.1) is 6.92 Å². The van der Waals surface area contributed by atoms with Gasteiger partial charge in [0.15, 0.2) is 0 Å². The van der Waals surface area contributed by atoms with Crippen LogP contribution in [0.2, 0.25) is 0 Å². The van der Waals surface area contributed by atoms with E-state index in [1.165, 1.54) is 4.68 Å². The number of halogens is 1. The van der Waals surface area contributed by atoms with Gasteiger partial charge in [0.05, 0.1) is 5.69 Å². The molecule has 1 aromatic carbocycles. The number of nitrogens with zero attached hydrogens (tertiary/aromatic N) is 3. The number of carbonyl (C=O) groups is 1. The van der Waals surface area contributed by atoms with Gasteiger partial charge in [0.2, 0.25) is 5.91 Å². The molecule has 2 aromatic heterocycles. The van der Waals surface area contributed by atoms with Gasteiger partial charge in [-0.25, -0.2) is 4.68 Å². The van der Waals surface area contributed by atoms with E-state index in [4.69, 9.17) is 0 Å². The first-order chi connectivity index (χ1) is 10.6. The Morgan fingerprint density at radius 1 is 1.27 bits per heavy atom. The second kappa shape index (κ2) is 5.76. The van der Waals surface area contributed by atoms with Crippen LogP contribution in [0.4, 0.5) is 5.69 Å². The lowest BCUT2D eigenvalue weighted by Crippen LogP contribution is -2.31. The number of aryl methyl sites for hydroxylation is 1. The molecule has 0 saturated heterocycles. The van der Waals surface area contributed by atoms with Crippen LogP contribution in [0.1, 0.15) is 5.82 Å². The smallest absolute Gasteiger partial charge is 0.291 e. The molecule has 6 nitrogen and oxygen atoms in total. The number of para-hydroxylation sites is 1. The summed E-state index contributed by atoms with van der Waals surface area (Å²) < 4.78 is 3.66. The van der Waals surface area contributed by atoms with Crippen molar-refractivity contribution in [3.63, 3.8) is 0 Å².